The summed E-state index contributed by atoms with van der Waals surface area (Å²) in [4.78, 5) is 76.1. The summed E-state index contributed by atoms with van der Waals surface area (Å²) in [6.07, 6.45) is 13.9. The first-order valence-corrected chi connectivity index (χ1v) is 27.7. The van der Waals surface area contributed by atoms with Crippen LogP contribution in [0.5, 0.6) is 0 Å². The van der Waals surface area contributed by atoms with Crippen LogP contribution in [0.25, 0.3) is 44.3 Å². The first-order valence-electron chi connectivity index (χ1n) is 27.7. The molecule has 8 unspecified atom stereocenters. The molecule has 2 saturated carbocycles. The number of fused-ring (bicyclic) bond motifs is 4. The number of aromatic nitrogens is 4. The number of likely N-dealkylation sites (tertiary alicyclic amines) is 2. The van der Waals surface area contributed by atoms with Crippen molar-refractivity contribution in [3.63, 3.8) is 0 Å². The third-order valence-electron chi connectivity index (χ3n) is 17.5. The summed E-state index contributed by atoms with van der Waals surface area (Å²) in [5, 5.41) is 11.2. The summed E-state index contributed by atoms with van der Waals surface area (Å²) in [6, 6.07) is 25.1. The average molecular weight is 999 g/mol. The number of urea groups is 2. The summed E-state index contributed by atoms with van der Waals surface area (Å²) < 4.78 is 0. The molecular formula is C60H74N10O4. The van der Waals surface area contributed by atoms with Crippen molar-refractivity contribution in [3.8, 4) is 22.3 Å². The maximum absolute atomic E-state index is 14.5. The van der Waals surface area contributed by atoms with E-state index in [-0.39, 0.29) is 59.9 Å². The predicted octanol–water partition coefficient (Wildman–Crippen LogP) is 10.2. The highest BCUT2D eigenvalue weighted by molar-refractivity contribution is 5.90. The third kappa shape index (κ3) is 9.42. The quantitative estimate of drug-likeness (QED) is 0.0795. The predicted molar refractivity (Wildman–Crippen MR) is 290 cm³/mol. The SMILES string of the molecule is CNC(=O)NC(C(=O)N1C(c2nc3ccc(-c4cc5ccc4CCc4ccc(c(-c6ccc7nc(C8CC9CCCCC9N8C(=O)C(NC(=O)NC)C(C)C)[nH]c7c6)c4)CC5)cc3[nH]2)CC2CCCCC21)C(C)C. The summed E-state index contributed by atoms with van der Waals surface area (Å²) >= 11 is 0. The Morgan fingerprint density at radius 2 is 0.959 bits per heavy atom. The lowest BCUT2D eigenvalue weighted by Gasteiger charge is -2.36. The van der Waals surface area contributed by atoms with Crippen molar-refractivity contribution in [1.82, 2.24) is 51.0 Å². The molecule has 14 rings (SSSR count). The summed E-state index contributed by atoms with van der Waals surface area (Å²) in [5.74, 6) is 2.27. The highest BCUT2D eigenvalue weighted by Crippen LogP contribution is 2.48. The molecule has 6 amide bonds. The van der Waals surface area contributed by atoms with Gasteiger partial charge in [-0.15, -0.1) is 0 Å². The van der Waals surface area contributed by atoms with Crippen molar-refractivity contribution < 1.29 is 19.2 Å². The van der Waals surface area contributed by atoms with Gasteiger partial charge in [0.25, 0.3) is 0 Å². The van der Waals surface area contributed by atoms with Gasteiger partial charge in [0.05, 0.1) is 34.2 Å². The monoisotopic (exact) mass is 999 g/mol. The van der Waals surface area contributed by atoms with E-state index in [0.29, 0.717) is 11.8 Å². The van der Waals surface area contributed by atoms with Crippen molar-refractivity contribution in [2.24, 2.45) is 23.7 Å². The molecule has 2 aliphatic heterocycles. The minimum absolute atomic E-state index is 0.0257. The summed E-state index contributed by atoms with van der Waals surface area (Å²) in [6.45, 7) is 7.97. The maximum Gasteiger partial charge on any atom is 0.315 e. The Balaban J connectivity index is 0.849. The zero-order valence-electron chi connectivity index (χ0n) is 44.0. The van der Waals surface area contributed by atoms with E-state index < -0.39 is 12.1 Å². The number of aryl methyl sites for hydroxylation is 4. The fourth-order valence-corrected chi connectivity index (χ4v) is 13.6. The van der Waals surface area contributed by atoms with Crippen LogP contribution in [0.4, 0.5) is 9.59 Å². The van der Waals surface area contributed by atoms with E-state index in [4.69, 9.17) is 9.97 Å². The second kappa shape index (κ2) is 20.5. The number of imidazole rings is 2. The van der Waals surface area contributed by atoms with E-state index in [2.05, 4.69) is 114 Å². The van der Waals surface area contributed by atoms with E-state index in [1.165, 1.54) is 46.2 Å². The van der Waals surface area contributed by atoms with Gasteiger partial charge < -0.3 is 41.0 Å². The standard InChI is InChI=1S/C60H74N10O4/c1-33(2)53(67-59(73)61-5)57(71)69-49-13-9-7-11-41(49)31-51(69)55-63-45-25-23-39(29-47(45)65-55)43-27-35-15-19-37(43)21-17-36-16-20-38(22-18-35)44(28-36)40-24-26-46-48(30-40)66-56(64-46)52-32-42-12-8-10-14-50(42)70(52)58(72)54(34(3)4)68-60(74)62-6/h15-16,19-20,23-30,33-34,41-42,49-54H,7-14,17-18,21-22,31-32H2,1-6H3,(H,63,65)(H,64,66)(H2,61,67,73)(H2,62,68,74). The van der Waals surface area contributed by atoms with Crippen LogP contribution < -0.4 is 21.3 Å². The number of amides is 6. The molecule has 4 aromatic carbocycles. The number of H-pyrrole nitrogens is 2. The van der Waals surface area contributed by atoms with Gasteiger partial charge in [-0.1, -0.05) is 102 Å². The minimum Gasteiger partial charge on any atom is -0.341 e. The number of carbonyl (C=O) groups is 4. The van der Waals surface area contributed by atoms with Crippen LogP contribution in [-0.2, 0) is 35.3 Å². The number of hydrogen-bond acceptors (Lipinski definition) is 6. The molecule has 6 aliphatic carbocycles. The molecule has 74 heavy (non-hydrogen) atoms. The molecule has 6 aromatic rings. The zero-order valence-corrected chi connectivity index (χ0v) is 44.0. The summed E-state index contributed by atoms with van der Waals surface area (Å²) in [7, 11) is 3.17. The van der Waals surface area contributed by atoms with Crippen LogP contribution in [0.15, 0.2) is 72.8 Å². The van der Waals surface area contributed by atoms with Crippen LogP contribution in [0.2, 0.25) is 0 Å². The van der Waals surface area contributed by atoms with Crippen molar-refractivity contribution in [2.75, 3.05) is 14.1 Å². The molecule has 0 spiro atoms. The van der Waals surface area contributed by atoms with Gasteiger partial charge in [-0.3, -0.25) is 9.59 Å². The van der Waals surface area contributed by atoms with E-state index in [0.717, 1.165) is 122 Å². The molecule has 2 saturated heterocycles. The topological polar surface area (TPSA) is 180 Å². The van der Waals surface area contributed by atoms with Crippen molar-refractivity contribution in [2.45, 2.75) is 154 Å². The van der Waals surface area contributed by atoms with E-state index in [1.54, 1.807) is 14.1 Å². The normalized spacial score (nSPS) is 23.4. The highest BCUT2D eigenvalue weighted by atomic mass is 16.2. The molecule has 4 bridgehead atoms. The number of carbonyl (C=O) groups excluding carboxylic acids is 4. The Morgan fingerprint density at radius 3 is 1.36 bits per heavy atom. The number of benzene rings is 4. The average Bonchev–Trinajstić information content (AvgIpc) is 4.21. The second-order valence-electron chi connectivity index (χ2n) is 22.8. The van der Waals surface area contributed by atoms with Gasteiger partial charge in [-0.05, 0) is 157 Å². The van der Waals surface area contributed by atoms with Gasteiger partial charge in [0.2, 0.25) is 11.8 Å². The van der Waals surface area contributed by atoms with Gasteiger partial charge in [-0.2, -0.15) is 0 Å². The Labute approximate surface area is 435 Å². The van der Waals surface area contributed by atoms with Gasteiger partial charge in [-0.25, -0.2) is 19.6 Å². The fraction of sp³-hybridized carbons (Fsp3) is 0.500. The van der Waals surface area contributed by atoms with Gasteiger partial charge >= 0.3 is 12.1 Å². The van der Waals surface area contributed by atoms with Crippen LogP contribution in [0.1, 0.15) is 138 Å². The van der Waals surface area contributed by atoms with Crippen LogP contribution in [-0.4, -0.2) is 91.9 Å². The number of aromatic amines is 2. The number of nitrogens with zero attached hydrogens (tertiary/aromatic N) is 4. The smallest absolute Gasteiger partial charge is 0.315 e. The Hall–Kier alpha value is -6.70. The Kier molecular flexibility index (Phi) is 13.7. The Morgan fingerprint density at radius 1 is 0.541 bits per heavy atom. The molecule has 8 aliphatic rings. The molecule has 388 valence electrons. The van der Waals surface area contributed by atoms with Crippen LogP contribution >= 0.6 is 0 Å². The largest absolute Gasteiger partial charge is 0.341 e. The molecule has 4 heterocycles. The molecule has 14 nitrogen and oxygen atoms in total. The molecular weight excluding hydrogens is 925 g/mol. The first kappa shape index (κ1) is 49.5. The number of rotatable bonds is 10. The molecule has 0 radical (unpaired) electrons. The zero-order chi connectivity index (χ0) is 51.4. The van der Waals surface area contributed by atoms with Gasteiger partial charge in [0, 0.05) is 26.2 Å². The fourth-order valence-electron chi connectivity index (χ4n) is 13.6. The summed E-state index contributed by atoms with van der Waals surface area (Å²) in [5.41, 5.74) is 13.6. The van der Waals surface area contributed by atoms with Crippen LogP contribution in [0, 0.1) is 23.7 Å². The Bertz CT molecular complexity index is 2900. The van der Waals surface area contributed by atoms with Crippen molar-refractivity contribution in [3.05, 3.63) is 107 Å². The van der Waals surface area contributed by atoms with E-state index in [9.17, 15) is 19.2 Å². The second-order valence-corrected chi connectivity index (χ2v) is 22.8. The lowest BCUT2D eigenvalue weighted by Crippen LogP contribution is -2.55. The third-order valence-corrected chi connectivity index (χ3v) is 17.5. The van der Waals surface area contributed by atoms with Gasteiger partial charge in [0.1, 0.15) is 23.7 Å². The molecule has 2 aromatic heterocycles. The molecule has 4 fully saturated rings. The molecule has 6 N–H and O–H groups in total. The number of hydrogen-bond donors (Lipinski definition) is 6. The number of nitrogens with one attached hydrogen (secondary N) is 6. The van der Waals surface area contributed by atoms with Crippen molar-refractivity contribution >= 4 is 45.9 Å². The molecule has 14 heteroatoms. The van der Waals surface area contributed by atoms with Crippen molar-refractivity contribution in [1.29, 1.82) is 0 Å². The lowest BCUT2D eigenvalue weighted by molar-refractivity contribution is -0.139. The maximum atomic E-state index is 14.5. The lowest BCUT2D eigenvalue weighted by atomic mass is 9.84. The van der Waals surface area contributed by atoms with Crippen LogP contribution in [0.3, 0.4) is 0 Å². The van der Waals surface area contributed by atoms with Gasteiger partial charge in [0.15, 0.2) is 0 Å². The highest BCUT2D eigenvalue weighted by Gasteiger charge is 2.50. The first-order chi connectivity index (χ1) is 35.8. The van der Waals surface area contributed by atoms with E-state index in [1.807, 2.05) is 27.7 Å². The van der Waals surface area contributed by atoms with E-state index >= 15 is 0 Å². The minimum atomic E-state index is -0.631. The molecule has 8 atom stereocenters.